The molecule has 0 heterocycles. The van der Waals surface area contributed by atoms with Crippen molar-refractivity contribution in [3.8, 4) is 0 Å². The van der Waals surface area contributed by atoms with Gasteiger partial charge in [0.15, 0.2) is 0 Å². The molecule has 0 unspecified atom stereocenters. The Labute approximate surface area is 111 Å². The van der Waals surface area contributed by atoms with Gasteiger partial charge in [0.25, 0.3) is 0 Å². The van der Waals surface area contributed by atoms with E-state index in [1.807, 2.05) is 14.1 Å². The molecule has 17 heavy (non-hydrogen) atoms. The number of benzene rings is 1. The van der Waals surface area contributed by atoms with Crippen molar-refractivity contribution in [2.75, 3.05) is 14.1 Å². The number of aryl methyl sites for hydroxylation is 1. The summed E-state index contributed by atoms with van der Waals surface area (Å²) >= 11 is 3.55. The third kappa shape index (κ3) is 5.33. The minimum absolute atomic E-state index is 0.233. The van der Waals surface area contributed by atoms with E-state index < -0.39 is 5.97 Å². The van der Waals surface area contributed by atoms with Gasteiger partial charge in [0.2, 0.25) is 0 Å². The second-order valence-electron chi connectivity index (χ2n) is 4.41. The van der Waals surface area contributed by atoms with Gasteiger partial charge in [-0.25, -0.2) is 0 Å². The van der Waals surface area contributed by atoms with Crippen LogP contribution in [0, 0.1) is 0 Å². The van der Waals surface area contributed by atoms with Crippen molar-refractivity contribution in [1.29, 1.82) is 0 Å². The highest BCUT2D eigenvalue weighted by Crippen LogP contribution is 2.20. The number of carboxylic acids is 1. The fourth-order valence-electron chi connectivity index (χ4n) is 1.66. The Bertz CT molecular complexity index is 391. The van der Waals surface area contributed by atoms with Crippen LogP contribution in [0.4, 0.5) is 0 Å². The standard InChI is InChI=1S/C13H18BrNO2/c1-15(2)9-11-7-6-10(8-12(11)14)4-3-5-13(16)17/h6-8H,3-5,9H2,1-2H3,(H,16,17). The van der Waals surface area contributed by atoms with Crippen molar-refractivity contribution >= 4 is 21.9 Å². The lowest BCUT2D eigenvalue weighted by atomic mass is 10.1. The number of halogens is 1. The largest absolute Gasteiger partial charge is 0.481 e. The molecule has 1 N–H and O–H groups in total. The SMILES string of the molecule is CN(C)Cc1ccc(CCCC(=O)O)cc1Br. The molecule has 3 nitrogen and oxygen atoms in total. The molecule has 0 aliphatic heterocycles. The minimum atomic E-state index is -0.728. The van der Waals surface area contributed by atoms with Gasteiger partial charge in [0.05, 0.1) is 0 Å². The van der Waals surface area contributed by atoms with Crippen LogP contribution >= 0.6 is 15.9 Å². The van der Waals surface area contributed by atoms with Gasteiger partial charge in [-0.2, -0.15) is 0 Å². The van der Waals surface area contributed by atoms with Crippen molar-refractivity contribution < 1.29 is 9.90 Å². The van der Waals surface area contributed by atoms with Crippen LogP contribution in [0.25, 0.3) is 0 Å². The van der Waals surface area contributed by atoms with E-state index in [1.165, 1.54) is 11.1 Å². The summed E-state index contributed by atoms with van der Waals surface area (Å²) in [5.74, 6) is -0.728. The zero-order valence-corrected chi connectivity index (χ0v) is 11.8. The molecule has 0 spiro atoms. The van der Waals surface area contributed by atoms with Crippen LogP contribution in [-0.2, 0) is 17.8 Å². The highest BCUT2D eigenvalue weighted by atomic mass is 79.9. The Morgan fingerprint density at radius 2 is 2.12 bits per heavy atom. The Morgan fingerprint density at radius 1 is 1.41 bits per heavy atom. The Hall–Kier alpha value is -0.870. The molecule has 1 aromatic carbocycles. The average Bonchev–Trinajstić information content (AvgIpc) is 2.21. The second kappa shape index (κ2) is 6.77. The number of carbonyl (C=O) groups is 1. The molecular formula is C13H18BrNO2. The van der Waals surface area contributed by atoms with Crippen LogP contribution in [0.3, 0.4) is 0 Å². The van der Waals surface area contributed by atoms with Crippen LogP contribution < -0.4 is 0 Å². The summed E-state index contributed by atoms with van der Waals surface area (Å²) in [4.78, 5) is 12.5. The monoisotopic (exact) mass is 299 g/mol. The number of hydrogen-bond donors (Lipinski definition) is 1. The maximum atomic E-state index is 10.4. The average molecular weight is 300 g/mol. The van der Waals surface area contributed by atoms with Gasteiger partial charge in [-0.3, -0.25) is 4.79 Å². The zero-order chi connectivity index (χ0) is 12.8. The summed E-state index contributed by atoms with van der Waals surface area (Å²) in [6, 6.07) is 6.26. The summed E-state index contributed by atoms with van der Waals surface area (Å²) in [5, 5.41) is 8.57. The molecule has 0 aliphatic carbocycles. The fraction of sp³-hybridized carbons (Fsp3) is 0.462. The second-order valence-corrected chi connectivity index (χ2v) is 5.27. The third-order valence-corrected chi connectivity index (χ3v) is 3.20. The van der Waals surface area contributed by atoms with Gasteiger partial charge in [-0.1, -0.05) is 28.1 Å². The molecule has 0 radical (unpaired) electrons. The van der Waals surface area contributed by atoms with E-state index in [1.54, 1.807) is 0 Å². The predicted octanol–water partition coefficient (Wildman–Crippen LogP) is 2.92. The Balaban J connectivity index is 2.59. The molecule has 0 fully saturated rings. The normalized spacial score (nSPS) is 10.8. The first kappa shape index (κ1) is 14.2. The molecule has 0 atom stereocenters. The van der Waals surface area contributed by atoms with Crippen LogP contribution in [0.1, 0.15) is 24.0 Å². The summed E-state index contributed by atoms with van der Waals surface area (Å²) < 4.78 is 1.10. The molecule has 4 heteroatoms. The first-order valence-electron chi connectivity index (χ1n) is 5.63. The Kier molecular flexibility index (Phi) is 5.65. The van der Waals surface area contributed by atoms with E-state index in [9.17, 15) is 4.79 Å². The van der Waals surface area contributed by atoms with E-state index >= 15 is 0 Å². The zero-order valence-electron chi connectivity index (χ0n) is 10.2. The number of rotatable bonds is 6. The van der Waals surface area contributed by atoms with Gasteiger partial charge in [-0.15, -0.1) is 0 Å². The number of nitrogens with zero attached hydrogens (tertiary/aromatic N) is 1. The van der Waals surface area contributed by atoms with Gasteiger partial charge in [0.1, 0.15) is 0 Å². The highest BCUT2D eigenvalue weighted by molar-refractivity contribution is 9.10. The van der Waals surface area contributed by atoms with E-state index in [2.05, 4.69) is 39.0 Å². The first-order valence-corrected chi connectivity index (χ1v) is 6.42. The van der Waals surface area contributed by atoms with Crippen molar-refractivity contribution in [2.24, 2.45) is 0 Å². The third-order valence-electron chi connectivity index (χ3n) is 2.46. The van der Waals surface area contributed by atoms with Crippen molar-refractivity contribution in [2.45, 2.75) is 25.8 Å². The van der Waals surface area contributed by atoms with Gasteiger partial charge in [-0.05, 0) is 44.1 Å². The maximum Gasteiger partial charge on any atom is 0.303 e. The van der Waals surface area contributed by atoms with Gasteiger partial charge < -0.3 is 10.0 Å². The molecule has 1 rings (SSSR count). The smallest absolute Gasteiger partial charge is 0.303 e. The fourth-order valence-corrected chi connectivity index (χ4v) is 2.21. The van der Waals surface area contributed by atoms with Crippen LogP contribution in [0.5, 0.6) is 0 Å². The quantitative estimate of drug-likeness (QED) is 0.878. The summed E-state index contributed by atoms with van der Waals surface area (Å²) in [5.41, 5.74) is 2.43. The van der Waals surface area contributed by atoms with Crippen molar-refractivity contribution in [1.82, 2.24) is 4.90 Å². The number of carboxylic acid groups (broad SMARTS) is 1. The van der Waals surface area contributed by atoms with Crippen LogP contribution in [0.15, 0.2) is 22.7 Å². The maximum absolute atomic E-state index is 10.4. The predicted molar refractivity (Wildman–Crippen MR) is 72.1 cm³/mol. The lowest BCUT2D eigenvalue weighted by Gasteiger charge is -2.12. The van der Waals surface area contributed by atoms with Gasteiger partial charge >= 0.3 is 5.97 Å². The highest BCUT2D eigenvalue weighted by Gasteiger charge is 2.04. The van der Waals surface area contributed by atoms with E-state index in [0.29, 0.717) is 6.42 Å². The minimum Gasteiger partial charge on any atom is -0.481 e. The van der Waals surface area contributed by atoms with Crippen molar-refractivity contribution in [3.63, 3.8) is 0 Å². The topological polar surface area (TPSA) is 40.5 Å². The molecule has 0 aromatic heterocycles. The van der Waals surface area contributed by atoms with E-state index in [0.717, 1.165) is 17.4 Å². The first-order chi connectivity index (χ1) is 7.99. The summed E-state index contributed by atoms with van der Waals surface area (Å²) in [6.07, 6.45) is 1.74. The van der Waals surface area contributed by atoms with E-state index in [4.69, 9.17) is 5.11 Å². The molecule has 0 saturated heterocycles. The van der Waals surface area contributed by atoms with Gasteiger partial charge in [0, 0.05) is 17.4 Å². The summed E-state index contributed by atoms with van der Waals surface area (Å²) in [6.45, 7) is 0.899. The molecule has 0 bridgehead atoms. The molecule has 94 valence electrons. The molecule has 0 aliphatic rings. The van der Waals surface area contributed by atoms with Crippen LogP contribution in [-0.4, -0.2) is 30.1 Å². The molecule has 0 amide bonds. The lowest BCUT2D eigenvalue weighted by molar-refractivity contribution is -0.137. The van der Waals surface area contributed by atoms with Crippen molar-refractivity contribution in [3.05, 3.63) is 33.8 Å². The number of hydrogen-bond acceptors (Lipinski definition) is 2. The Morgan fingerprint density at radius 3 is 2.65 bits per heavy atom. The molecule has 0 saturated carbocycles. The van der Waals surface area contributed by atoms with Crippen LogP contribution in [0.2, 0.25) is 0 Å². The molecular weight excluding hydrogens is 282 g/mol. The molecule has 1 aromatic rings. The lowest BCUT2D eigenvalue weighted by Crippen LogP contribution is -2.11. The number of aliphatic carboxylic acids is 1. The van der Waals surface area contributed by atoms with E-state index in [-0.39, 0.29) is 6.42 Å². The summed E-state index contributed by atoms with van der Waals surface area (Å²) in [7, 11) is 4.07.